The van der Waals surface area contributed by atoms with Crippen LogP contribution in [-0.2, 0) is 19.1 Å². The maximum atomic E-state index is 12.0. The minimum Gasteiger partial charge on any atom is -0.479 e. The zero-order valence-electron chi connectivity index (χ0n) is 13.9. The van der Waals surface area contributed by atoms with Crippen molar-refractivity contribution >= 4 is 11.8 Å². The Hall–Kier alpha value is -1.06. The van der Waals surface area contributed by atoms with E-state index in [0.717, 1.165) is 6.42 Å². The average Bonchev–Trinajstić information content (AvgIpc) is 3.16. The van der Waals surface area contributed by atoms with E-state index >= 15 is 0 Å². The second-order valence-corrected chi connectivity index (χ2v) is 7.76. The number of carboxylic acid groups (broad SMARTS) is 1. The molecule has 0 bridgehead atoms. The van der Waals surface area contributed by atoms with Crippen molar-refractivity contribution in [2.45, 2.75) is 69.9 Å². The fraction of sp³-hybridized carbons (Fsp3) is 0.875. The van der Waals surface area contributed by atoms with Gasteiger partial charge in [0, 0.05) is 17.8 Å². The molecule has 0 amide bonds. The minimum absolute atomic E-state index is 0.0377. The lowest BCUT2D eigenvalue weighted by Gasteiger charge is -2.44. The molecular weight excluding hydrogens is 320 g/mol. The number of carbonyl (C=O) groups excluding carboxylic acids is 1. The van der Waals surface area contributed by atoms with Crippen molar-refractivity contribution in [2.24, 2.45) is 17.3 Å². The van der Waals surface area contributed by atoms with Crippen LogP contribution >= 0.6 is 0 Å². The molecule has 0 aromatic heterocycles. The van der Waals surface area contributed by atoms with Gasteiger partial charge in [-0.15, -0.1) is 0 Å². The fourth-order valence-electron chi connectivity index (χ4n) is 4.35. The van der Waals surface area contributed by atoms with Gasteiger partial charge in [0.1, 0.15) is 24.1 Å². The zero-order valence-corrected chi connectivity index (χ0v) is 13.9. The Morgan fingerprint density at radius 3 is 2.38 bits per heavy atom. The third-order valence-corrected chi connectivity index (χ3v) is 6.16. The Morgan fingerprint density at radius 1 is 1.25 bits per heavy atom. The Bertz CT molecular complexity index is 560. The van der Waals surface area contributed by atoms with E-state index in [-0.39, 0.29) is 23.0 Å². The number of ketones is 1. The summed E-state index contributed by atoms with van der Waals surface area (Å²) in [4.78, 5) is 23.1. The summed E-state index contributed by atoms with van der Waals surface area (Å²) in [7, 11) is 0. The molecule has 1 saturated heterocycles. The molecule has 3 aliphatic rings. The molecule has 1 unspecified atom stereocenters. The first-order chi connectivity index (χ1) is 11.0. The van der Waals surface area contributed by atoms with Gasteiger partial charge in [0.2, 0.25) is 0 Å². The van der Waals surface area contributed by atoms with Gasteiger partial charge in [-0.1, -0.05) is 6.92 Å². The first-order valence-electron chi connectivity index (χ1n) is 8.15. The molecule has 0 radical (unpaired) electrons. The lowest BCUT2D eigenvalue weighted by molar-refractivity contribution is -0.324. The number of carbonyl (C=O) groups is 2. The van der Waals surface area contributed by atoms with E-state index in [4.69, 9.17) is 14.6 Å². The summed E-state index contributed by atoms with van der Waals surface area (Å²) >= 11 is 0. The number of hydrogen-bond donors (Lipinski definition) is 4. The first kappa shape index (κ1) is 17.8. The van der Waals surface area contributed by atoms with Crippen molar-refractivity contribution in [1.82, 2.24) is 0 Å². The van der Waals surface area contributed by atoms with E-state index in [2.05, 4.69) is 0 Å². The van der Waals surface area contributed by atoms with Crippen LogP contribution in [0.3, 0.4) is 0 Å². The van der Waals surface area contributed by atoms with Crippen molar-refractivity contribution in [1.29, 1.82) is 0 Å². The summed E-state index contributed by atoms with van der Waals surface area (Å²) < 4.78 is 11.0. The van der Waals surface area contributed by atoms with Crippen molar-refractivity contribution in [3.05, 3.63) is 0 Å². The number of aliphatic hydroxyl groups excluding tert-OH is 3. The normalized spacial score (nSPS) is 48.2. The van der Waals surface area contributed by atoms with Gasteiger partial charge in [0.05, 0.1) is 5.60 Å². The molecule has 0 aromatic rings. The maximum Gasteiger partial charge on any atom is 0.335 e. The molecule has 0 spiro atoms. The molecule has 4 N–H and O–H groups in total. The minimum atomic E-state index is -1.75. The second kappa shape index (κ2) is 5.47. The van der Waals surface area contributed by atoms with E-state index in [1.807, 2.05) is 6.92 Å². The predicted molar refractivity (Wildman–Crippen MR) is 78.8 cm³/mol. The molecular formula is C16H24O8. The van der Waals surface area contributed by atoms with E-state index in [0.29, 0.717) is 6.42 Å². The van der Waals surface area contributed by atoms with E-state index in [9.17, 15) is 24.9 Å². The number of rotatable bonds is 4. The second-order valence-electron chi connectivity index (χ2n) is 7.76. The van der Waals surface area contributed by atoms with Gasteiger partial charge < -0.3 is 29.9 Å². The third kappa shape index (κ3) is 2.40. The summed E-state index contributed by atoms with van der Waals surface area (Å²) in [6.07, 6.45) is -6.93. The fourth-order valence-corrected chi connectivity index (χ4v) is 4.35. The van der Waals surface area contributed by atoms with Crippen LogP contribution in [0, 0.1) is 17.3 Å². The lowest BCUT2D eigenvalue weighted by Crippen LogP contribution is -2.62. The number of ether oxygens (including phenoxy) is 2. The van der Waals surface area contributed by atoms with Gasteiger partial charge >= 0.3 is 5.97 Å². The van der Waals surface area contributed by atoms with Crippen LogP contribution in [0.1, 0.15) is 33.6 Å². The molecule has 8 nitrogen and oxygen atoms in total. The van der Waals surface area contributed by atoms with Crippen LogP contribution in [0.2, 0.25) is 0 Å². The van der Waals surface area contributed by atoms with Crippen molar-refractivity contribution in [3.8, 4) is 0 Å². The smallest absolute Gasteiger partial charge is 0.335 e. The van der Waals surface area contributed by atoms with Crippen molar-refractivity contribution < 1.29 is 39.5 Å². The summed E-state index contributed by atoms with van der Waals surface area (Å²) in [5.41, 5.74) is -1.21. The largest absolute Gasteiger partial charge is 0.479 e. The SMILES string of the molecule is C[C@H]1C(=O)C[C@]2(C(C)(C)OC3O[C@H](C(=O)O)[C@@H](O)[C@H](O)[C@H]3O)C[C@H]12. The summed E-state index contributed by atoms with van der Waals surface area (Å²) in [6.45, 7) is 5.45. The lowest BCUT2D eigenvalue weighted by atomic mass is 9.84. The Morgan fingerprint density at radius 2 is 1.88 bits per heavy atom. The Labute approximate surface area is 139 Å². The van der Waals surface area contributed by atoms with Gasteiger partial charge in [0.25, 0.3) is 0 Å². The van der Waals surface area contributed by atoms with Gasteiger partial charge in [-0.05, 0) is 26.2 Å². The molecule has 2 saturated carbocycles. The molecule has 136 valence electrons. The van der Waals surface area contributed by atoms with Gasteiger partial charge in [0.15, 0.2) is 12.4 Å². The Balaban J connectivity index is 1.77. The van der Waals surface area contributed by atoms with Crippen LogP contribution in [0.5, 0.6) is 0 Å². The molecule has 2 aliphatic carbocycles. The molecule has 1 heterocycles. The monoisotopic (exact) mass is 344 g/mol. The highest BCUT2D eigenvalue weighted by atomic mass is 16.7. The summed E-state index contributed by atoms with van der Waals surface area (Å²) in [5.74, 6) is -1.12. The number of aliphatic hydroxyl groups is 3. The molecule has 1 aliphatic heterocycles. The number of aliphatic carboxylic acids is 1. The van der Waals surface area contributed by atoms with E-state index in [1.54, 1.807) is 13.8 Å². The molecule has 24 heavy (non-hydrogen) atoms. The molecule has 3 rings (SSSR count). The van der Waals surface area contributed by atoms with Crippen LogP contribution in [0.15, 0.2) is 0 Å². The molecule has 0 aromatic carbocycles. The van der Waals surface area contributed by atoms with Crippen LogP contribution in [-0.4, -0.2) is 68.5 Å². The van der Waals surface area contributed by atoms with Crippen LogP contribution in [0.4, 0.5) is 0 Å². The highest BCUT2D eigenvalue weighted by Crippen LogP contribution is 2.70. The quantitative estimate of drug-likeness (QED) is 0.525. The summed E-state index contributed by atoms with van der Waals surface area (Å²) in [6, 6.07) is 0. The van der Waals surface area contributed by atoms with Gasteiger partial charge in [-0.2, -0.15) is 0 Å². The van der Waals surface area contributed by atoms with Crippen LogP contribution in [0.25, 0.3) is 0 Å². The standard InChI is InChI=1S/C16H24O8/c1-6-7-4-16(7,5-8(6)17)15(2,3)24-14-11(20)9(18)10(19)12(23-14)13(21)22/h6-7,9-12,14,18-20H,4-5H2,1-3H3,(H,21,22)/t6-,7-,9+,10+,11-,12+,14?,16-/m1/s1. The highest BCUT2D eigenvalue weighted by Gasteiger charge is 2.71. The zero-order chi connectivity index (χ0) is 18.0. The van der Waals surface area contributed by atoms with Gasteiger partial charge in [-0.3, -0.25) is 4.79 Å². The molecule has 8 atom stereocenters. The summed E-state index contributed by atoms with van der Waals surface area (Å²) in [5, 5.41) is 38.8. The number of hydrogen-bond acceptors (Lipinski definition) is 7. The van der Waals surface area contributed by atoms with E-state index in [1.165, 1.54) is 0 Å². The van der Waals surface area contributed by atoms with Gasteiger partial charge in [-0.25, -0.2) is 4.79 Å². The van der Waals surface area contributed by atoms with Crippen LogP contribution < -0.4 is 0 Å². The number of carboxylic acids is 1. The third-order valence-electron chi connectivity index (χ3n) is 6.16. The number of Topliss-reactive ketones (excluding diaryl/α,β-unsaturated/α-hetero) is 1. The van der Waals surface area contributed by atoms with Crippen molar-refractivity contribution in [2.75, 3.05) is 0 Å². The predicted octanol–water partition coefficient (Wildman–Crippen LogP) is -0.711. The maximum absolute atomic E-state index is 12.0. The number of fused-ring (bicyclic) bond motifs is 1. The average molecular weight is 344 g/mol. The first-order valence-corrected chi connectivity index (χ1v) is 8.15. The van der Waals surface area contributed by atoms with E-state index < -0.39 is 42.3 Å². The Kier molecular flexibility index (Phi) is 4.05. The van der Waals surface area contributed by atoms with Crippen molar-refractivity contribution in [3.63, 3.8) is 0 Å². The molecule has 3 fully saturated rings. The molecule has 8 heteroatoms. The topological polar surface area (TPSA) is 134 Å². The highest BCUT2D eigenvalue weighted by molar-refractivity contribution is 5.86.